The third-order valence-corrected chi connectivity index (χ3v) is 3.31. The fraction of sp³-hybridized carbons (Fsp3) is 0.417. The lowest BCUT2D eigenvalue weighted by molar-refractivity contribution is 0.520. The second-order valence-electron chi connectivity index (χ2n) is 4.84. The Morgan fingerprint density at radius 3 is 3.00 bits per heavy atom. The highest BCUT2D eigenvalue weighted by molar-refractivity contribution is 5.83. The standard InChI is InChI=1S/C12H13FN2/c1-12(2)6-7-15-11(12)8-4-3-5-9(13)10(8)14-15/h3-5H,6-7H2,1-2H3. The summed E-state index contributed by atoms with van der Waals surface area (Å²) in [6.45, 7) is 5.28. The van der Waals surface area contributed by atoms with Gasteiger partial charge >= 0.3 is 0 Å². The SMILES string of the molecule is CC1(C)CCn2nc3c(F)cccc3c21. The average Bonchev–Trinajstić information content (AvgIpc) is 2.67. The van der Waals surface area contributed by atoms with Gasteiger partial charge in [0, 0.05) is 17.3 Å². The number of aryl methyl sites for hydroxylation is 1. The van der Waals surface area contributed by atoms with Crippen molar-refractivity contribution in [3.8, 4) is 0 Å². The molecule has 0 atom stereocenters. The van der Waals surface area contributed by atoms with Gasteiger partial charge in [-0.05, 0) is 12.5 Å². The summed E-state index contributed by atoms with van der Waals surface area (Å²) in [5.74, 6) is -0.217. The third-order valence-electron chi connectivity index (χ3n) is 3.31. The van der Waals surface area contributed by atoms with Gasteiger partial charge in [-0.1, -0.05) is 26.0 Å². The summed E-state index contributed by atoms with van der Waals surface area (Å²) in [6.07, 6.45) is 1.09. The molecule has 0 N–H and O–H groups in total. The molecule has 0 unspecified atom stereocenters. The normalized spacial score (nSPS) is 18.3. The minimum Gasteiger partial charge on any atom is -0.268 e. The van der Waals surface area contributed by atoms with E-state index >= 15 is 0 Å². The van der Waals surface area contributed by atoms with Gasteiger partial charge in [-0.3, -0.25) is 4.68 Å². The highest BCUT2D eigenvalue weighted by Crippen LogP contribution is 2.38. The van der Waals surface area contributed by atoms with E-state index in [1.807, 2.05) is 10.7 Å². The topological polar surface area (TPSA) is 17.8 Å². The van der Waals surface area contributed by atoms with Crippen molar-refractivity contribution in [3.63, 3.8) is 0 Å². The predicted molar refractivity (Wildman–Crippen MR) is 57.3 cm³/mol. The van der Waals surface area contributed by atoms with Gasteiger partial charge in [0.2, 0.25) is 0 Å². The van der Waals surface area contributed by atoms with Crippen LogP contribution in [-0.4, -0.2) is 9.78 Å². The lowest BCUT2D eigenvalue weighted by atomic mass is 9.87. The van der Waals surface area contributed by atoms with Gasteiger partial charge in [-0.15, -0.1) is 0 Å². The van der Waals surface area contributed by atoms with Crippen molar-refractivity contribution < 1.29 is 4.39 Å². The fourth-order valence-corrected chi connectivity index (χ4v) is 2.50. The largest absolute Gasteiger partial charge is 0.268 e. The summed E-state index contributed by atoms with van der Waals surface area (Å²) in [7, 11) is 0. The number of halogens is 1. The molecule has 3 heteroatoms. The molecule has 1 aromatic carbocycles. The summed E-state index contributed by atoms with van der Waals surface area (Å²) in [5.41, 5.74) is 1.81. The molecule has 3 rings (SSSR count). The first kappa shape index (κ1) is 8.89. The van der Waals surface area contributed by atoms with Gasteiger partial charge in [0.15, 0.2) is 5.82 Å². The van der Waals surface area contributed by atoms with Crippen molar-refractivity contribution in [2.45, 2.75) is 32.2 Å². The lowest BCUT2D eigenvalue weighted by Crippen LogP contribution is -2.12. The van der Waals surface area contributed by atoms with Crippen molar-refractivity contribution >= 4 is 10.9 Å². The number of aromatic nitrogens is 2. The quantitative estimate of drug-likeness (QED) is 0.645. The molecule has 0 spiro atoms. The van der Waals surface area contributed by atoms with E-state index in [2.05, 4.69) is 18.9 Å². The van der Waals surface area contributed by atoms with E-state index in [0.717, 1.165) is 18.4 Å². The maximum Gasteiger partial charge on any atom is 0.151 e. The maximum atomic E-state index is 13.5. The molecule has 1 aliphatic heterocycles. The molecule has 0 saturated carbocycles. The van der Waals surface area contributed by atoms with Crippen LogP contribution in [0, 0.1) is 5.82 Å². The number of hydrogen-bond donors (Lipinski definition) is 0. The molecule has 2 nitrogen and oxygen atoms in total. The van der Waals surface area contributed by atoms with E-state index < -0.39 is 0 Å². The van der Waals surface area contributed by atoms with Crippen LogP contribution in [0.3, 0.4) is 0 Å². The van der Waals surface area contributed by atoms with E-state index in [1.54, 1.807) is 6.07 Å². The van der Waals surface area contributed by atoms with E-state index in [4.69, 9.17) is 0 Å². The number of hydrogen-bond acceptors (Lipinski definition) is 1. The van der Waals surface area contributed by atoms with E-state index in [1.165, 1.54) is 11.8 Å². The van der Waals surface area contributed by atoms with E-state index in [0.29, 0.717) is 5.52 Å². The van der Waals surface area contributed by atoms with Gasteiger partial charge in [0.25, 0.3) is 0 Å². The first-order chi connectivity index (χ1) is 7.09. The molecule has 0 fully saturated rings. The van der Waals surface area contributed by atoms with Crippen LogP contribution in [0.25, 0.3) is 10.9 Å². The second kappa shape index (κ2) is 2.60. The Balaban J connectivity index is 2.42. The Labute approximate surface area is 87.7 Å². The molecule has 2 heterocycles. The van der Waals surface area contributed by atoms with Gasteiger partial charge in [-0.2, -0.15) is 5.10 Å². The van der Waals surface area contributed by atoms with Crippen LogP contribution >= 0.6 is 0 Å². The number of benzene rings is 1. The third kappa shape index (κ3) is 1.06. The summed E-state index contributed by atoms with van der Waals surface area (Å²) in [5, 5.41) is 5.30. The first-order valence-electron chi connectivity index (χ1n) is 5.25. The molecule has 1 aromatic heterocycles. The Bertz CT molecular complexity index is 540. The summed E-state index contributed by atoms with van der Waals surface area (Å²) in [6, 6.07) is 5.19. The zero-order valence-electron chi connectivity index (χ0n) is 8.92. The Kier molecular flexibility index (Phi) is 1.54. The maximum absolute atomic E-state index is 13.5. The molecule has 0 radical (unpaired) electrons. The van der Waals surface area contributed by atoms with Gasteiger partial charge < -0.3 is 0 Å². The van der Waals surface area contributed by atoms with Crippen LogP contribution in [0.4, 0.5) is 4.39 Å². The van der Waals surface area contributed by atoms with E-state index in [9.17, 15) is 4.39 Å². The van der Waals surface area contributed by atoms with Crippen molar-refractivity contribution in [1.29, 1.82) is 0 Å². The van der Waals surface area contributed by atoms with Crippen LogP contribution in [0.1, 0.15) is 26.0 Å². The molecular formula is C12H13FN2. The molecule has 0 amide bonds. The highest BCUT2D eigenvalue weighted by Gasteiger charge is 2.33. The van der Waals surface area contributed by atoms with Crippen LogP contribution in [0.2, 0.25) is 0 Å². The number of fused-ring (bicyclic) bond motifs is 3. The molecule has 1 aliphatic rings. The van der Waals surface area contributed by atoms with Crippen LogP contribution in [0.5, 0.6) is 0 Å². The number of rotatable bonds is 0. The van der Waals surface area contributed by atoms with Gasteiger partial charge in [-0.25, -0.2) is 4.39 Å². The summed E-state index contributed by atoms with van der Waals surface area (Å²) < 4.78 is 15.5. The Morgan fingerprint density at radius 2 is 2.20 bits per heavy atom. The molecule has 0 saturated heterocycles. The highest BCUT2D eigenvalue weighted by atomic mass is 19.1. The second-order valence-corrected chi connectivity index (χ2v) is 4.84. The smallest absolute Gasteiger partial charge is 0.151 e. The molecule has 0 aliphatic carbocycles. The molecule has 15 heavy (non-hydrogen) atoms. The van der Waals surface area contributed by atoms with Crippen molar-refractivity contribution in [2.75, 3.05) is 0 Å². The van der Waals surface area contributed by atoms with Crippen molar-refractivity contribution in [3.05, 3.63) is 29.7 Å². The zero-order chi connectivity index (χ0) is 10.6. The first-order valence-corrected chi connectivity index (χ1v) is 5.25. The fourth-order valence-electron chi connectivity index (χ4n) is 2.50. The molecular weight excluding hydrogens is 191 g/mol. The Hall–Kier alpha value is -1.38. The molecule has 0 bridgehead atoms. The van der Waals surface area contributed by atoms with Crippen LogP contribution < -0.4 is 0 Å². The number of nitrogens with zero attached hydrogens (tertiary/aromatic N) is 2. The lowest BCUT2D eigenvalue weighted by Gasteiger charge is -2.16. The summed E-state index contributed by atoms with van der Waals surface area (Å²) in [4.78, 5) is 0. The van der Waals surface area contributed by atoms with Gasteiger partial charge in [0.1, 0.15) is 5.52 Å². The zero-order valence-corrected chi connectivity index (χ0v) is 8.92. The summed E-state index contributed by atoms with van der Waals surface area (Å²) >= 11 is 0. The van der Waals surface area contributed by atoms with Crippen molar-refractivity contribution in [1.82, 2.24) is 9.78 Å². The van der Waals surface area contributed by atoms with Crippen LogP contribution in [0.15, 0.2) is 18.2 Å². The van der Waals surface area contributed by atoms with Crippen molar-refractivity contribution in [2.24, 2.45) is 0 Å². The molecule has 78 valence electrons. The molecule has 2 aromatic rings. The minimum absolute atomic E-state index is 0.114. The predicted octanol–water partition coefficient (Wildman–Crippen LogP) is 2.86. The minimum atomic E-state index is -0.217. The van der Waals surface area contributed by atoms with Gasteiger partial charge in [0.05, 0.1) is 5.69 Å². The average molecular weight is 204 g/mol. The monoisotopic (exact) mass is 204 g/mol. The van der Waals surface area contributed by atoms with Crippen LogP contribution in [-0.2, 0) is 12.0 Å². The Morgan fingerprint density at radius 1 is 1.40 bits per heavy atom. The van der Waals surface area contributed by atoms with E-state index in [-0.39, 0.29) is 11.2 Å².